The van der Waals surface area contributed by atoms with Crippen molar-refractivity contribution in [3.8, 4) is 12.3 Å². The average molecular weight is 200 g/mol. The van der Waals surface area contributed by atoms with Gasteiger partial charge in [-0.05, 0) is 18.1 Å². The van der Waals surface area contributed by atoms with Crippen molar-refractivity contribution in [2.24, 2.45) is 0 Å². The molecular weight excluding hydrogens is 192 g/mol. The molecule has 0 saturated carbocycles. The summed E-state index contributed by atoms with van der Waals surface area (Å²) in [5, 5.41) is 6.70. The van der Waals surface area contributed by atoms with Crippen LogP contribution in [0.2, 0.25) is 0 Å². The van der Waals surface area contributed by atoms with Gasteiger partial charge < -0.3 is 5.32 Å². The van der Waals surface area contributed by atoms with Crippen molar-refractivity contribution in [3.05, 3.63) is 24.0 Å². The molecule has 5 heteroatoms. The number of carbonyl (C=O) groups is 1. The maximum absolute atomic E-state index is 10.8. The van der Waals surface area contributed by atoms with Gasteiger partial charge in [0.1, 0.15) is 5.69 Å². The summed E-state index contributed by atoms with van der Waals surface area (Å²) < 4.78 is 1.51. The largest absolute Gasteiger partial charge is 0.309 e. The number of carbonyl (C=O) groups excluding carboxylic acids is 1. The summed E-state index contributed by atoms with van der Waals surface area (Å²) in [6.07, 6.45) is 6.83. The molecule has 2 rings (SSSR count). The van der Waals surface area contributed by atoms with Crippen molar-refractivity contribution >= 4 is 17.4 Å². The summed E-state index contributed by atoms with van der Waals surface area (Å²) in [6, 6.07) is 3.41. The van der Waals surface area contributed by atoms with E-state index in [1.54, 1.807) is 18.3 Å². The van der Waals surface area contributed by atoms with Crippen molar-refractivity contribution in [2.75, 3.05) is 5.32 Å². The van der Waals surface area contributed by atoms with Crippen LogP contribution in [0.4, 0.5) is 5.82 Å². The van der Waals surface area contributed by atoms with Crippen LogP contribution >= 0.6 is 0 Å². The van der Waals surface area contributed by atoms with Crippen LogP contribution in [0.15, 0.2) is 18.3 Å². The molecule has 2 heterocycles. The zero-order valence-electron chi connectivity index (χ0n) is 8.06. The molecule has 0 aliphatic carbocycles. The van der Waals surface area contributed by atoms with E-state index in [2.05, 4.69) is 21.3 Å². The number of nitrogens with zero attached hydrogens (tertiary/aromatic N) is 3. The van der Waals surface area contributed by atoms with E-state index in [1.165, 1.54) is 11.4 Å². The Morgan fingerprint density at radius 1 is 1.60 bits per heavy atom. The van der Waals surface area contributed by atoms with Crippen LogP contribution in [-0.4, -0.2) is 20.5 Å². The zero-order valence-corrected chi connectivity index (χ0v) is 8.06. The number of hydrogen-bond donors (Lipinski definition) is 1. The second kappa shape index (κ2) is 3.42. The van der Waals surface area contributed by atoms with Gasteiger partial charge in [-0.3, -0.25) is 4.79 Å². The predicted octanol–water partition coefficient (Wildman–Crippen LogP) is 0.669. The van der Waals surface area contributed by atoms with Crippen molar-refractivity contribution in [3.63, 3.8) is 0 Å². The number of terminal acetylenes is 1. The highest BCUT2D eigenvalue weighted by atomic mass is 16.1. The second-order valence-electron chi connectivity index (χ2n) is 2.96. The Bertz CT molecular complexity index is 564. The summed E-state index contributed by atoms with van der Waals surface area (Å²) in [7, 11) is 0. The van der Waals surface area contributed by atoms with Crippen molar-refractivity contribution < 1.29 is 4.79 Å². The zero-order chi connectivity index (χ0) is 10.8. The Labute approximate surface area is 86.1 Å². The lowest BCUT2D eigenvalue weighted by atomic mass is 10.5. The number of anilines is 1. The molecule has 0 radical (unpaired) electrons. The molecule has 0 aromatic carbocycles. The Hall–Kier alpha value is -2.35. The van der Waals surface area contributed by atoms with Gasteiger partial charge in [0, 0.05) is 6.92 Å². The van der Waals surface area contributed by atoms with Crippen molar-refractivity contribution in [1.29, 1.82) is 0 Å². The molecule has 0 aliphatic rings. The maximum atomic E-state index is 10.8. The molecule has 0 fully saturated rings. The summed E-state index contributed by atoms with van der Waals surface area (Å²) >= 11 is 0. The Balaban J connectivity index is 2.54. The summed E-state index contributed by atoms with van der Waals surface area (Å²) in [4.78, 5) is 14.9. The molecule has 2 aromatic heterocycles. The van der Waals surface area contributed by atoms with Gasteiger partial charge in [0.15, 0.2) is 11.5 Å². The van der Waals surface area contributed by atoms with Crippen LogP contribution in [0.25, 0.3) is 5.65 Å². The SMILES string of the molecule is C#Cc1cnc2ccc(NC(C)=O)nn12. The van der Waals surface area contributed by atoms with Crippen molar-refractivity contribution in [2.45, 2.75) is 6.92 Å². The monoisotopic (exact) mass is 200 g/mol. The first-order valence-corrected chi connectivity index (χ1v) is 4.29. The first-order chi connectivity index (χ1) is 7.20. The van der Waals surface area contributed by atoms with Crippen LogP contribution in [0.5, 0.6) is 0 Å². The van der Waals surface area contributed by atoms with Gasteiger partial charge in [0.25, 0.3) is 0 Å². The Morgan fingerprint density at radius 2 is 2.40 bits per heavy atom. The number of fused-ring (bicyclic) bond motifs is 1. The van der Waals surface area contributed by atoms with Crippen LogP contribution in [-0.2, 0) is 4.79 Å². The number of nitrogens with one attached hydrogen (secondary N) is 1. The smallest absolute Gasteiger partial charge is 0.222 e. The van der Waals surface area contributed by atoms with E-state index >= 15 is 0 Å². The highest BCUT2D eigenvalue weighted by molar-refractivity contribution is 5.87. The van der Waals surface area contributed by atoms with Crippen LogP contribution in [0.1, 0.15) is 12.6 Å². The number of aromatic nitrogens is 3. The van der Waals surface area contributed by atoms with Gasteiger partial charge in [-0.1, -0.05) is 0 Å². The lowest BCUT2D eigenvalue weighted by molar-refractivity contribution is -0.114. The minimum atomic E-state index is -0.177. The number of imidazole rings is 1. The standard InChI is InChI=1S/C10H8N4O/c1-3-8-6-11-10-5-4-9(12-7(2)15)13-14(8)10/h1,4-6H,2H3,(H,12,13,15). The van der Waals surface area contributed by atoms with Gasteiger partial charge in [0.05, 0.1) is 6.20 Å². The third-order valence-corrected chi connectivity index (χ3v) is 1.81. The molecule has 5 nitrogen and oxygen atoms in total. The number of rotatable bonds is 1. The summed E-state index contributed by atoms with van der Waals surface area (Å²) in [5.41, 5.74) is 1.20. The number of amides is 1. The fourth-order valence-electron chi connectivity index (χ4n) is 1.22. The molecule has 0 spiro atoms. The van der Waals surface area contributed by atoms with Crippen molar-refractivity contribution in [1.82, 2.24) is 14.6 Å². The summed E-state index contributed by atoms with van der Waals surface area (Å²) in [5.74, 6) is 2.73. The van der Waals surface area contributed by atoms with Gasteiger partial charge >= 0.3 is 0 Å². The highest BCUT2D eigenvalue weighted by Gasteiger charge is 2.03. The predicted molar refractivity (Wildman–Crippen MR) is 55.2 cm³/mol. The second-order valence-corrected chi connectivity index (χ2v) is 2.96. The van der Waals surface area contributed by atoms with Gasteiger partial charge in [-0.15, -0.1) is 11.5 Å². The van der Waals surface area contributed by atoms with Gasteiger partial charge in [0.2, 0.25) is 5.91 Å². The molecule has 1 amide bonds. The fraction of sp³-hybridized carbons (Fsp3) is 0.100. The third-order valence-electron chi connectivity index (χ3n) is 1.81. The van der Waals surface area contributed by atoms with E-state index < -0.39 is 0 Å². The average Bonchev–Trinajstić information content (AvgIpc) is 2.59. The molecule has 0 saturated heterocycles. The normalized spacial score (nSPS) is 9.87. The molecule has 0 bridgehead atoms. The maximum Gasteiger partial charge on any atom is 0.222 e. The Kier molecular flexibility index (Phi) is 2.10. The molecule has 74 valence electrons. The first-order valence-electron chi connectivity index (χ1n) is 4.29. The van der Waals surface area contributed by atoms with Gasteiger partial charge in [-0.2, -0.15) is 0 Å². The van der Waals surface area contributed by atoms with E-state index in [-0.39, 0.29) is 5.91 Å². The molecule has 2 aromatic rings. The molecule has 1 N–H and O–H groups in total. The fourth-order valence-corrected chi connectivity index (χ4v) is 1.22. The lowest BCUT2D eigenvalue weighted by Gasteiger charge is -2.01. The summed E-state index contributed by atoms with van der Waals surface area (Å²) in [6.45, 7) is 1.42. The van der Waals surface area contributed by atoms with Crippen LogP contribution < -0.4 is 5.32 Å². The molecule has 0 aliphatic heterocycles. The van der Waals surface area contributed by atoms with E-state index in [0.29, 0.717) is 17.2 Å². The van der Waals surface area contributed by atoms with Crippen LogP contribution in [0, 0.1) is 12.3 Å². The molecule has 15 heavy (non-hydrogen) atoms. The lowest BCUT2D eigenvalue weighted by Crippen LogP contribution is -2.09. The topological polar surface area (TPSA) is 59.3 Å². The molecule has 0 unspecified atom stereocenters. The quantitative estimate of drug-likeness (QED) is 0.688. The van der Waals surface area contributed by atoms with E-state index in [9.17, 15) is 4.79 Å². The third kappa shape index (κ3) is 1.65. The Morgan fingerprint density at radius 3 is 3.07 bits per heavy atom. The number of hydrogen-bond acceptors (Lipinski definition) is 3. The van der Waals surface area contributed by atoms with E-state index in [1.807, 2.05) is 0 Å². The molecular formula is C10H8N4O. The van der Waals surface area contributed by atoms with E-state index in [4.69, 9.17) is 6.42 Å². The van der Waals surface area contributed by atoms with Crippen LogP contribution in [0.3, 0.4) is 0 Å². The van der Waals surface area contributed by atoms with E-state index in [0.717, 1.165) is 0 Å². The highest BCUT2D eigenvalue weighted by Crippen LogP contribution is 2.07. The minimum absolute atomic E-state index is 0.177. The van der Waals surface area contributed by atoms with Gasteiger partial charge in [-0.25, -0.2) is 9.50 Å². The first kappa shape index (κ1) is 9.21. The minimum Gasteiger partial charge on any atom is -0.309 e. The molecule has 0 atom stereocenters.